The van der Waals surface area contributed by atoms with Gasteiger partial charge in [-0.3, -0.25) is 0 Å². The Kier molecular flexibility index (Phi) is 2.32. The van der Waals surface area contributed by atoms with Crippen molar-refractivity contribution in [1.29, 1.82) is 0 Å². The zero-order chi connectivity index (χ0) is 7.61. The predicted octanol–water partition coefficient (Wildman–Crippen LogP) is 0.942. The SMILES string of the molecule is CC(C)(C)C1NCCCN1. The second kappa shape index (κ2) is 2.89. The Morgan fingerprint density at radius 3 is 1.90 bits per heavy atom. The molecule has 0 saturated carbocycles. The summed E-state index contributed by atoms with van der Waals surface area (Å²) in [5.41, 5.74) is 0.348. The van der Waals surface area contributed by atoms with Crippen LogP contribution in [0.5, 0.6) is 0 Å². The Morgan fingerprint density at radius 2 is 1.60 bits per heavy atom. The van der Waals surface area contributed by atoms with Crippen LogP contribution in [0.15, 0.2) is 0 Å². The van der Waals surface area contributed by atoms with E-state index in [-0.39, 0.29) is 0 Å². The fourth-order valence-corrected chi connectivity index (χ4v) is 1.27. The van der Waals surface area contributed by atoms with Crippen molar-refractivity contribution < 1.29 is 0 Å². The summed E-state index contributed by atoms with van der Waals surface area (Å²) in [6, 6.07) is 0. The van der Waals surface area contributed by atoms with Crippen molar-refractivity contribution in [3.05, 3.63) is 0 Å². The lowest BCUT2D eigenvalue weighted by Crippen LogP contribution is -2.55. The largest absolute Gasteiger partial charge is 0.301 e. The van der Waals surface area contributed by atoms with Crippen LogP contribution in [0.25, 0.3) is 0 Å². The third-order valence-electron chi connectivity index (χ3n) is 1.92. The van der Waals surface area contributed by atoms with Crippen LogP contribution in [0, 0.1) is 5.41 Å². The molecular weight excluding hydrogens is 124 g/mol. The summed E-state index contributed by atoms with van der Waals surface area (Å²) in [6.45, 7) is 9.08. The molecule has 1 heterocycles. The summed E-state index contributed by atoms with van der Waals surface area (Å²) >= 11 is 0. The van der Waals surface area contributed by atoms with Crippen LogP contribution < -0.4 is 10.6 Å². The Bertz CT molecular complexity index is 98.3. The third kappa shape index (κ3) is 1.96. The van der Waals surface area contributed by atoms with Crippen molar-refractivity contribution in [2.24, 2.45) is 5.41 Å². The van der Waals surface area contributed by atoms with Crippen molar-refractivity contribution in [1.82, 2.24) is 10.6 Å². The lowest BCUT2D eigenvalue weighted by Gasteiger charge is -2.35. The van der Waals surface area contributed by atoms with Crippen LogP contribution in [0.2, 0.25) is 0 Å². The van der Waals surface area contributed by atoms with Crippen LogP contribution in [-0.2, 0) is 0 Å². The molecule has 0 radical (unpaired) electrons. The molecule has 1 rings (SSSR count). The average molecular weight is 142 g/mol. The summed E-state index contributed by atoms with van der Waals surface area (Å²) in [7, 11) is 0. The van der Waals surface area contributed by atoms with E-state index in [1.54, 1.807) is 0 Å². The number of hydrogen-bond acceptors (Lipinski definition) is 2. The molecule has 2 heteroatoms. The number of hydrogen-bond donors (Lipinski definition) is 2. The Labute approximate surface area is 63.4 Å². The highest BCUT2D eigenvalue weighted by atomic mass is 15.2. The molecule has 2 N–H and O–H groups in total. The van der Waals surface area contributed by atoms with Crippen molar-refractivity contribution in [3.63, 3.8) is 0 Å². The first kappa shape index (κ1) is 8.02. The fourth-order valence-electron chi connectivity index (χ4n) is 1.27. The van der Waals surface area contributed by atoms with Crippen LogP contribution in [0.4, 0.5) is 0 Å². The summed E-state index contributed by atoms with van der Waals surface area (Å²) in [4.78, 5) is 0. The van der Waals surface area contributed by atoms with Crippen LogP contribution in [0.3, 0.4) is 0 Å². The van der Waals surface area contributed by atoms with Gasteiger partial charge in [0.2, 0.25) is 0 Å². The highest BCUT2D eigenvalue weighted by Crippen LogP contribution is 2.18. The van der Waals surface area contributed by atoms with E-state index in [1.165, 1.54) is 6.42 Å². The Hall–Kier alpha value is -0.0800. The number of nitrogens with one attached hydrogen (secondary N) is 2. The van der Waals surface area contributed by atoms with E-state index >= 15 is 0 Å². The summed E-state index contributed by atoms with van der Waals surface area (Å²) < 4.78 is 0. The lowest BCUT2D eigenvalue weighted by atomic mass is 9.91. The zero-order valence-corrected chi connectivity index (χ0v) is 7.20. The molecule has 0 aromatic carbocycles. The van der Waals surface area contributed by atoms with Gasteiger partial charge in [0.1, 0.15) is 0 Å². The van der Waals surface area contributed by atoms with Gasteiger partial charge in [-0.1, -0.05) is 20.8 Å². The highest BCUT2D eigenvalue weighted by Gasteiger charge is 2.24. The average Bonchev–Trinajstić information content (AvgIpc) is 1.88. The minimum atomic E-state index is 0.348. The molecule has 0 atom stereocenters. The minimum Gasteiger partial charge on any atom is -0.301 e. The summed E-state index contributed by atoms with van der Waals surface area (Å²) in [5.74, 6) is 0. The molecule has 2 nitrogen and oxygen atoms in total. The van der Waals surface area contributed by atoms with Crippen molar-refractivity contribution >= 4 is 0 Å². The van der Waals surface area contributed by atoms with E-state index in [1.807, 2.05) is 0 Å². The Morgan fingerprint density at radius 1 is 1.10 bits per heavy atom. The van der Waals surface area contributed by atoms with E-state index in [9.17, 15) is 0 Å². The van der Waals surface area contributed by atoms with E-state index < -0.39 is 0 Å². The molecule has 0 amide bonds. The van der Waals surface area contributed by atoms with Gasteiger partial charge in [-0.15, -0.1) is 0 Å². The number of rotatable bonds is 0. The standard InChI is InChI=1S/C8H18N2/c1-8(2,3)7-9-5-4-6-10-7/h7,9-10H,4-6H2,1-3H3. The van der Waals surface area contributed by atoms with E-state index in [0.29, 0.717) is 11.6 Å². The molecule has 1 fully saturated rings. The van der Waals surface area contributed by atoms with Gasteiger partial charge in [0, 0.05) is 0 Å². The molecule has 0 bridgehead atoms. The van der Waals surface area contributed by atoms with Gasteiger partial charge in [0.25, 0.3) is 0 Å². The molecule has 0 aromatic rings. The van der Waals surface area contributed by atoms with Gasteiger partial charge in [0.15, 0.2) is 0 Å². The van der Waals surface area contributed by atoms with E-state index in [0.717, 1.165) is 13.1 Å². The van der Waals surface area contributed by atoms with Crippen molar-refractivity contribution in [2.75, 3.05) is 13.1 Å². The smallest absolute Gasteiger partial charge is 0.0621 e. The molecule has 0 aliphatic carbocycles. The van der Waals surface area contributed by atoms with Crippen LogP contribution in [-0.4, -0.2) is 19.3 Å². The molecule has 10 heavy (non-hydrogen) atoms. The quantitative estimate of drug-likeness (QED) is 0.526. The first-order chi connectivity index (χ1) is 4.61. The molecule has 1 aliphatic rings. The van der Waals surface area contributed by atoms with Gasteiger partial charge in [-0.2, -0.15) is 0 Å². The molecule has 1 saturated heterocycles. The van der Waals surface area contributed by atoms with Crippen LogP contribution >= 0.6 is 0 Å². The molecule has 1 aliphatic heterocycles. The Balaban J connectivity index is 2.39. The van der Waals surface area contributed by atoms with Crippen LogP contribution in [0.1, 0.15) is 27.2 Å². The molecular formula is C8H18N2. The zero-order valence-electron chi connectivity index (χ0n) is 7.20. The van der Waals surface area contributed by atoms with Gasteiger partial charge >= 0.3 is 0 Å². The topological polar surface area (TPSA) is 24.1 Å². The van der Waals surface area contributed by atoms with Crippen molar-refractivity contribution in [3.8, 4) is 0 Å². The second-order valence-corrected chi connectivity index (χ2v) is 4.06. The maximum Gasteiger partial charge on any atom is 0.0621 e. The minimum absolute atomic E-state index is 0.348. The summed E-state index contributed by atoms with van der Waals surface area (Å²) in [6.07, 6.45) is 1.76. The monoisotopic (exact) mass is 142 g/mol. The fraction of sp³-hybridized carbons (Fsp3) is 1.00. The maximum absolute atomic E-state index is 3.45. The summed E-state index contributed by atoms with van der Waals surface area (Å²) in [5, 5.41) is 6.90. The third-order valence-corrected chi connectivity index (χ3v) is 1.92. The van der Waals surface area contributed by atoms with Gasteiger partial charge < -0.3 is 10.6 Å². The molecule has 0 spiro atoms. The first-order valence-electron chi connectivity index (χ1n) is 4.07. The van der Waals surface area contributed by atoms with Crippen molar-refractivity contribution in [2.45, 2.75) is 33.4 Å². The molecule has 60 valence electrons. The first-order valence-corrected chi connectivity index (χ1v) is 4.07. The normalized spacial score (nSPS) is 23.1. The van der Waals surface area contributed by atoms with Gasteiger partial charge in [0.05, 0.1) is 6.17 Å². The van der Waals surface area contributed by atoms with E-state index in [2.05, 4.69) is 31.4 Å². The van der Waals surface area contributed by atoms with E-state index in [4.69, 9.17) is 0 Å². The maximum atomic E-state index is 3.45. The highest BCUT2D eigenvalue weighted by molar-refractivity contribution is 4.81. The van der Waals surface area contributed by atoms with Gasteiger partial charge in [-0.25, -0.2) is 0 Å². The van der Waals surface area contributed by atoms with Gasteiger partial charge in [-0.05, 0) is 24.9 Å². The second-order valence-electron chi connectivity index (χ2n) is 4.06. The molecule has 0 unspecified atom stereocenters. The molecule has 0 aromatic heterocycles. The lowest BCUT2D eigenvalue weighted by molar-refractivity contribution is 0.203. The predicted molar refractivity (Wildman–Crippen MR) is 43.9 cm³/mol.